The van der Waals surface area contributed by atoms with Gasteiger partial charge in [0.25, 0.3) is 0 Å². The van der Waals surface area contributed by atoms with Crippen LogP contribution in [0.1, 0.15) is 27.2 Å². The number of carbonyl (C=O) groups is 1. The minimum atomic E-state index is 0.0167. The maximum absolute atomic E-state index is 11.1. The van der Waals surface area contributed by atoms with Gasteiger partial charge < -0.3 is 5.32 Å². The van der Waals surface area contributed by atoms with Crippen molar-refractivity contribution in [3.05, 3.63) is 0 Å². The van der Waals surface area contributed by atoms with Crippen molar-refractivity contribution in [2.75, 3.05) is 6.54 Å². The molecular formula is C8H16ClNO. The van der Waals surface area contributed by atoms with Crippen LogP contribution in [0.15, 0.2) is 0 Å². The molecule has 3 heteroatoms. The van der Waals surface area contributed by atoms with Crippen LogP contribution in [-0.4, -0.2) is 17.8 Å². The predicted octanol–water partition coefficient (Wildman–Crippen LogP) is 1.78. The molecule has 0 aliphatic heterocycles. The minimum Gasteiger partial charge on any atom is -0.354 e. The third-order valence-corrected chi connectivity index (χ3v) is 1.77. The first kappa shape index (κ1) is 10.8. The van der Waals surface area contributed by atoms with Gasteiger partial charge in [-0.3, -0.25) is 4.79 Å². The Bertz CT molecular complexity index is 125. The van der Waals surface area contributed by atoms with Gasteiger partial charge >= 0.3 is 0 Å². The number of amides is 1. The molecule has 2 unspecified atom stereocenters. The smallest absolute Gasteiger partial charge is 0.222 e. The zero-order valence-electron chi connectivity index (χ0n) is 7.36. The minimum absolute atomic E-state index is 0.0167. The Hall–Kier alpha value is -0.240. The molecule has 0 saturated carbocycles. The lowest BCUT2D eigenvalue weighted by atomic mass is 10.1. The van der Waals surface area contributed by atoms with Gasteiger partial charge in [0, 0.05) is 17.8 Å². The quantitative estimate of drug-likeness (QED) is 0.652. The predicted molar refractivity (Wildman–Crippen MR) is 47.8 cm³/mol. The van der Waals surface area contributed by atoms with Crippen LogP contribution in [0.2, 0.25) is 0 Å². The van der Waals surface area contributed by atoms with E-state index in [0.29, 0.717) is 6.54 Å². The summed E-state index contributed by atoms with van der Waals surface area (Å²) in [4.78, 5) is 11.1. The standard InChI is InChI=1S/C8H16ClNO/c1-4-6(2)8(11)10-5-7(3)9/h6-7H,4-5H2,1-3H3,(H,10,11). The van der Waals surface area contributed by atoms with Gasteiger partial charge in [-0.2, -0.15) is 0 Å². The normalized spacial score (nSPS) is 15.6. The number of rotatable bonds is 4. The van der Waals surface area contributed by atoms with Crippen LogP contribution in [0.25, 0.3) is 0 Å². The van der Waals surface area contributed by atoms with Crippen LogP contribution >= 0.6 is 11.6 Å². The lowest BCUT2D eigenvalue weighted by molar-refractivity contribution is -0.124. The molecule has 0 rings (SSSR count). The van der Waals surface area contributed by atoms with Crippen LogP contribution in [0, 0.1) is 5.92 Å². The van der Waals surface area contributed by atoms with E-state index in [2.05, 4.69) is 5.32 Å². The maximum Gasteiger partial charge on any atom is 0.222 e. The van der Waals surface area contributed by atoms with E-state index >= 15 is 0 Å². The van der Waals surface area contributed by atoms with Crippen LogP contribution in [0.5, 0.6) is 0 Å². The largest absolute Gasteiger partial charge is 0.354 e. The highest BCUT2D eigenvalue weighted by Gasteiger charge is 2.09. The summed E-state index contributed by atoms with van der Waals surface area (Å²) in [7, 11) is 0. The van der Waals surface area contributed by atoms with E-state index in [4.69, 9.17) is 11.6 Å². The van der Waals surface area contributed by atoms with Gasteiger partial charge in [-0.1, -0.05) is 13.8 Å². The summed E-state index contributed by atoms with van der Waals surface area (Å²) in [6.45, 7) is 6.33. The fourth-order valence-electron chi connectivity index (χ4n) is 0.601. The molecule has 0 spiro atoms. The lowest BCUT2D eigenvalue weighted by Gasteiger charge is -2.10. The van der Waals surface area contributed by atoms with Gasteiger partial charge in [-0.15, -0.1) is 11.6 Å². The average molecular weight is 178 g/mol. The Morgan fingerprint density at radius 1 is 1.55 bits per heavy atom. The Kier molecular flexibility index (Phi) is 5.30. The van der Waals surface area contributed by atoms with Crippen LogP contribution < -0.4 is 5.32 Å². The van der Waals surface area contributed by atoms with Crippen LogP contribution in [0.4, 0.5) is 0 Å². The number of carbonyl (C=O) groups excluding carboxylic acids is 1. The van der Waals surface area contributed by atoms with E-state index in [1.807, 2.05) is 20.8 Å². The summed E-state index contributed by atoms with van der Waals surface area (Å²) in [5, 5.41) is 2.78. The summed E-state index contributed by atoms with van der Waals surface area (Å²) in [5.74, 6) is 0.199. The molecule has 0 heterocycles. The molecule has 0 aliphatic rings. The second-order valence-corrected chi connectivity index (χ2v) is 3.58. The topological polar surface area (TPSA) is 29.1 Å². The van der Waals surface area contributed by atoms with Gasteiger partial charge in [-0.05, 0) is 13.3 Å². The molecule has 2 atom stereocenters. The second kappa shape index (κ2) is 5.42. The Balaban J connectivity index is 3.52. The molecule has 0 aromatic heterocycles. The van der Waals surface area contributed by atoms with E-state index in [9.17, 15) is 4.79 Å². The number of nitrogens with one attached hydrogen (secondary N) is 1. The number of halogens is 1. The first-order chi connectivity index (χ1) is 5.07. The Morgan fingerprint density at radius 2 is 2.09 bits per heavy atom. The molecule has 0 aliphatic carbocycles. The molecule has 2 nitrogen and oxygen atoms in total. The number of hydrogen-bond acceptors (Lipinski definition) is 1. The number of alkyl halides is 1. The van der Waals surface area contributed by atoms with E-state index in [1.165, 1.54) is 0 Å². The highest BCUT2D eigenvalue weighted by Crippen LogP contribution is 2.00. The highest BCUT2D eigenvalue weighted by molar-refractivity contribution is 6.20. The van der Waals surface area contributed by atoms with Crippen molar-refractivity contribution >= 4 is 17.5 Å². The van der Waals surface area contributed by atoms with Crippen LogP contribution in [0.3, 0.4) is 0 Å². The van der Waals surface area contributed by atoms with Gasteiger partial charge in [0.05, 0.1) is 0 Å². The fraction of sp³-hybridized carbons (Fsp3) is 0.875. The van der Waals surface area contributed by atoms with Gasteiger partial charge in [0.15, 0.2) is 0 Å². The first-order valence-electron chi connectivity index (χ1n) is 3.99. The lowest BCUT2D eigenvalue weighted by Crippen LogP contribution is -2.32. The van der Waals surface area contributed by atoms with Crippen molar-refractivity contribution < 1.29 is 4.79 Å². The van der Waals surface area contributed by atoms with Crippen molar-refractivity contribution in [1.29, 1.82) is 0 Å². The second-order valence-electron chi connectivity index (χ2n) is 2.84. The van der Waals surface area contributed by atoms with Crippen LogP contribution in [-0.2, 0) is 4.79 Å². The highest BCUT2D eigenvalue weighted by atomic mass is 35.5. The molecule has 66 valence electrons. The summed E-state index contributed by atoms with van der Waals surface area (Å²) >= 11 is 5.65. The van der Waals surface area contributed by atoms with Crippen molar-refractivity contribution in [3.8, 4) is 0 Å². The summed E-state index contributed by atoms with van der Waals surface area (Å²) in [6.07, 6.45) is 0.877. The molecule has 0 bridgehead atoms. The SMILES string of the molecule is CCC(C)C(=O)NCC(C)Cl. The summed E-state index contributed by atoms with van der Waals surface area (Å²) < 4.78 is 0. The Labute approximate surface area is 73.3 Å². The number of hydrogen-bond donors (Lipinski definition) is 1. The maximum atomic E-state index is 11.1. The zero-order chi connectivity index (χ0) is 8.85. The summed E-state index contributed by atoms with van der Waals surface area (Å²) in [6, 6.07) is 0. The molecule has 0 fully saturated rings. The third-order valence-electron chi connectivity index (χ3n) is 1.62. The van der Waals surface area contributed by atoms with Crippen molar-refractivity contribution in [1.82, 2.24) is 5.32 Å². The van der Waals surface area contributed by atoms with Crippen molar-refractivity contribution in [3.63, 3.8) is 0 Å². The molecule has 1 N–H and O–H groups in total. The van der Waals surface area contributed by atoms with E-state index in [1.54, 1.807) is 0 Å². The molecule has 11 heavy (non-hydrogen) atoms. The molecule has 0 radical (unpaired) electrons. The average Bonchev–Trinajstić information content (AvgIpc) is 1.98. The van der Waals surface area contributed by atoms with Crippen molar-refractivity contribution in [2.45, 2.75) is 32.6 Å². The monoisotopic (exact) mass is 177 g/mol. The van der Waals surface area contributed by atoms with Gasteiger partial charge in [0.2, 0.25) is 5.91 Å². The third kappa shape index (κ3) is 5.08. The van der Waals surface area contributed by atoms with Gasteiger partial charge in [-0.25, -0.2) is 0 Å². The molecule has 0 saturated heterocycles. The van der Waals surface area contributed by atoms with Crippen molar-refractivity contribution in [2.24, 2.45) is 5.92 Å². The van der Waals surface area contributed by atoms with E-state index in [0.717, 1.165) is 6.42 Å². The van der Waals surface area contributed by atoms with E-state index in [-0.39, 0.29) is 17.2 Å². The van der Waals surface area contributed by atoms with Gasteiger partial charge in [0.1, 0.15) is 0 Å². The summed E-state index contributed by atoms with van der Waals surface area (Å²) in [5.41, 5.74) is 0. The molecular weight excluding hydrogens is 162 g/mol. The fourth-order valence-corrected chi connectivity index (χ4v) is 0.678. The molecule has 0 aromatic carbocycles. The first-order valence-corrected chi connectivity index (χ1v) is 4.43. The zero-order valence-corrected chi connectivity index (χ0v) is 8.11. The molecule has 1 amide bonds. The van der Waals surface area contributed by atoms with E-state index < -0.39 is 0 Å². The Morgan fingerprint density at radius 3 is 2.45 bits per heavy atom. The molecule has 0 aromatic rings.